The van der Waals surface area contributed by atoms with Crippen LogP contribution in [-0.4, -0.2) is 44.9 Å². The van der Waals surface area contributed by atoms with Crippen LogP contribution in [-0.2, 0) is 0 Å². The van der Waals surface area contributed by atoms with Gasteiger partial charge >= 0.3 is 0 Å². The summed E-state index contributed by atoms with van der Waals surface area (Å²) in [6, 6.07) is 11.4. The fourth-order valence-corrected chi connectivity index (χ4v) is 2.69. The number of hydrogen-bond donors (Lipinski definition) is 1. The molecule has 3 rings (SSSR count). The van der Waals surface area contributed by atoms with E-state index in [1.165, 1.54) is 0 Å². The van der Waals surface area contributed by atoms with Gasteiger partial charge in [0.15, 0.2) is 5.69 Å². The van der Waals surface area contributed by atoms with Crippen molar-refractivity contribution in [3.63, 3.8) is 0 Å². The van der Waals surface area contributed by atoms with E-state index < -0.39 is 0 Å². The molecule has 0 aliphatic carbocycles. The number of aromatic nitrogens is 2. The minimum atomic E-state index is -0.371. The van der Waals surface area contributed by atoms with E-state index in [0.29, 0.717) is 18.8 Å². The summed E-state index contributed by atoms with van der Waals surface area (Å²) in [5.41, 5.74) is 1.38. The lowest BCUT2D eigenvalue weighted by Crippen LogP contribution is -2.30. The van der Waals surface area contributed by atoms with Gasteiger partial charge in [0.25, 0.3) is 5.91 Å². The van der Waals surface area contributed by atoms with Gasteiger partial charge in [-0.1, -0.05) is 18.2 Å². The van der Waals surface area contributed by atoms with Gasteiger partial charge in [-0.2, -0.15) is 5.10 Å². The number of hydrogen-bond acceptors (Lipinski definition) is 3. The maximum absolute atomic E-state index is 12.4. The van der Waals surface area contributed by atoms with Crippen molar-refractivity contribution in [1.29, 1.82) is 0 Å². The third kappa shape index (κ3) is 2.83. The maximum Gasteiger partial charge on any atom is 0.274 e. The predicted molar refractivity (Wildman–Crippen MR) is 79.3 cm³/mol. The highest BCUT2D eigenvalue weighted by atomic mass is 16.3. The summed E-state index contributed by atoms with van der Waals surface area (Å²) in [7, 11) is 0. The Kier molecular flexibility index (Phi) is 3.75. The minimum absolute atomic E-state index is 0.0622. The molecule has 21 heavy (non-hydrogen) atoms. The number of likely N-dealkylation sites (tertiary alicyclic amines) is 1. The van der Waals surface area contributed by atoms with Crippen LogP contribution in [0.1, 0.15) is 23.8 Å². The molecule has 0 saturated carbocycles. The predicted octanol–water partition coefficient (Wildman–Crippen LogP) is 1.72. The first kappa shape index (κ1) is 13.8. The van der Waals surface area contributed by atoms with Crippen molar-refractivity contribution < 1.29 is 9.90 Å². The first-order chi connectivity index (χ1) is 10.1. The van der Waals surface area contributed by atoms with E-state index in [-0.39, 0.29) is 17.9 Å². The van der Waals surface area contributed by atoms with Gasteiger partial charge in [0.1, 0.15) is 0 Å². The van der Waals surface area contributed by atoms with Crippen LogP contribution in [0.5, 0.6) is 0 Å². The molecule has 2 unspecified atom stereocenters. The topological polar surface area (TPSA) is 58.4 Å². The second-order valence-corrected chi connectivity index (χ2v) is 5.52. The molecule has 1 aliphatic heterocycles. The molecule has 5 nitrogen and oxygen atoms in total. The summed E-state index contributed by atoms with van der Waals surface area (Å²) >= 11 is 0. The SMILES string of the molecule is CC(O)C1CCN(C(=O)c2ccn(-c3ccccc3)n2)C1. The Morgan fingerprint density at radius 2 is 2.10 bits per heavy atom. The average Bonchev–Trinajstić information content (AvgIpc) is 3.17. The normalized spacial score (nSPS) is 19.7. The van der Waals surface area contributed by atoms with Gasteiger partial charge in [-0.15, -0.1) is 0 Å². The molecule has 1 aliphatic rings. The van der Waals surface area contributed by atoms with Gasteiger partial charge < -0.3 is 10.0 Å². The van der Waals surface area contributed by atoms with Crippen LogP contribution in [0.3, 0.4) is 0 Å². The third-order valence-electron chi connectivity index (χ3n) is 4.02. The number of carbonyl (C=O) groups is 1. The van der Waals surface area contributed by atoms with Gasteiger partial charge in [-0.25, -0.2) is 4.68 Å². The number of benzene rings is 1. The second kappa shape index (κ2) is 5.69. The molecule has 110 valence electrons. The van der Waals surface area contributed by atoms with Crippen LogP contribution in [0.15, 0.2) is 42.6 Å². The molecule has 5 heteroatoms. The van der Waals surface area contributed by atoms with E-state index in [1.807, 2.05) is 30.3 Å². The van der Waals surface area contributed by atoms with Crippen LogP contribution in [0.2, 0.25) is 0 Å². The fraction of sp³-hybridized carbons (Fsp3) is 0.375. The highest BCUT2D eigenvalue weighted by Crippen LogP contribution is 2.21. The number of carbonyl (C=O) groups excluding carboxylic acids is 1. The smallest absolute Gasteiger partial charge is 0.274 e. The lowest BCUT2D eigenvalue weighted by molar-refractivity contribution is 0.0756. The Morgan fingerprint density at radius 1 is 1.33 bits per heavy atom. The van der Waals surface area contributed by atoms with Crippen LogP contribution in [0.25, 0.3) is 5.69 Å². The second-order valence-electron chi connectivity index (χ2n) is 5.52. The van der Waals surface area contributed by atoms with Crippen molar-refractivity contribution in [3.8, 4) is 5.69 Å². The molecule has 2 heterocycles. The zero-order valence-corrected chi connectivity index (χ0v) is 12.0. The van der Waals surface area contributed by atoms with Gasteiger partial charge in [-0.05, 0) is 31.5 Å². The lowest BCUT2D eigenvalue weighted by atomic mass is 10.0. The Balaban J connectivity index is 1.73. The van der Waals surface area contributed by atoms with Crippen molar-refractivity contribution in [2.45, 2.75) is 19.4 Å². The standard InChI is InChI=1S/C16H19N3O2/c1-12(20)13-7-9-18(11-13)16(21)15-8-10-19(17-15)14-5-3-2-4-6-14/h2-6,8,10,12-13,20H,7,9,11H2,1H3. The lowest BCUT2D eigenvalue weighted by Gasteiger charge is -2.16. The highest BCUT2D eigenvalue weighted by molar-refractivity contribution is 5.92. The first-order valence-electron chi connectivity index (χ1n) is 7.23. The molecule has 1 N–H and O–H groups in total. The molecule has 0 radical (unpaired) electrons. The van der Waals surface area contributed by atoms with E-state index in [4.69, 9.17) is 0 Å². The van der Waals surface area contributed by atoms with E-state index in [9.17, 15) is 9.90 Å². The van der Waals surface area contributed by atoms with Gasteiger partial charge in [0.2, 0.25) is 0 Å². The number of aliphatic hydroxyl groups is 1. The minimum Gasteiger partial charge on any atom is -0.393 e. The molecule has 1 saturated heterocycles. The molecule has 1 aromatic carbocycles. The largest absolute Gasteiger partial charge is 0.393 e. The van der Waals surface area contributed by atoms with Gasteiger partial charge in [-0.3, -0.25) is 4.79 Å². The van der Waals surface area contributed by atoms with Crippen molar-refractivity contribution in [2.24, 2.45) is 5.92 Å². The number of amides is 1. The Morgan fingerprint density at radius 3 is 2.76 bits per heavy atom. The Bertz CT molecular complexity index is 621. The summed E-state index contributed by atoms with van der Waals surface area (Å²) in [4.78, 5) is 14.2. The maximum atomic E-state index is 12.4. The summed E-state index contributed by atoms with van der Waals surface area (Å²) in [6.45, 7) is 3.07. The summed E-state index contributed by atoms with van der Waals surface area (Å²) in [5, 5.41) is 14.0. The first-order valence-corrected chi connectivity index (χ1v) is 7.23. The van der Waals surface area contributed by atoms with E-state index in [2.05, 4.69) is 5.10 Å². The summed E-state index contributed by atoms with van der Waals surface area (Å²) in [6.07, 6.45) is 2.28. The molecule has 1 fully saturated rings. The zero-order chi connectivity index (χ0) is 14.8. The molecule has 0 bridgehead atoms. The van der Waals surface area contributed by atoms with Crippen LogP contribution in [0.4, 0.5) is 0 Å². The van der Waals surface area contributed by atoms with Gasteiger partial charge in [0.05, 0.1) is 11.8 Å². The van der Waals surface area contributed by atoms with E-state index >= 15 is 0 Å². The molecule has 2 aromatic rings. The number of aliphatic hydroxyl groups excluding tert-OH is 1. The molecule has 1 amide bonds. The van der Waals surface area contributed by atoms with Crippen molar-refractivity contribution in [1.82, 2.24) is 14.7 Å². The van der Waals surface area contributed by atoms with Crippen molar-refractivity contribution in [3.05, 3.63) is 48.3 Å². The van der Waals surface area contributed by atoms with Crippen molar-refractivity contribution >= 4 is 5.91 Å². The van der Waals surface area contributed by atoms with E-state index in [0.717, 1.165) is 12.1 Å². The van der Waals surface area contributed by atoms with Crippen LogP contribution in [0, 0.1) is 5.92 Å². The highest BCUT2D eigenvalue weighted by Gasteiger charge is 2.30. The molecule has 1 aromatic heterocycles. The third-order valence-corrected chi connectivity index (χ3v) is 4.02. The number of nitrogens with zero attached hydrogens (tertiary/aromatic N) is 3. The molecular formula is C16H19N3O2. The van der Waals surface area contributed by atoms with Gasteiger partial charge in [0, 0.05) is 25.2 Å². The summed E-state index contributed by atoms with van der Waals surface area (Å²) in [5.74, 6) is 0.109. The van der Waals surface area contributed by atoms with Crippen LogP contribution < -0.4 is 0 Å². The zero-order valence-electron chi connectivity index (χ0n) is 12.0. The molecule has 2 atom stereocenters. The fourth-order valence-electron chi connectivity index (χ4n) is 2.69. The Hall–Kier alpha value is -2.14. The number of rotatable bonds is 3. The Labute approximate surface area is 123 Å². The van der Waals surface area contributed by atoms with Crippen LogP contribution >= 0.6 is 0 Å². The quantitative estimate of drug-likeness (QED) is 0.934. The number of para-hydroxylation sites is 1. The van der Waals surface area contributed by atoms with Crippen molar-refractivity contribution in [2.75, 3.05) is 13.1 Å². The molecular weight excluding hydrogens is 266 g/mol. The average molecular weight is 285 g/mol. The summed E-state index contributed by atoms with van der Waals surface area (Å²) < 4.78 is 1.70. The molecule has 0 spiro atoms. The monoisotopic (exact) mass is 285 g/mol. The van der Waals surface area contributed by atoms with E-state index in [1.54, 1.807) is 28.8 Å².